The van der Waals surface area contributed by atoms with Gasteiger partial charge in [-0.15, -0.1) is 11.6 Å². The first kappa shape index (κ1) is 15.0. The molecule has 1 atom stereocenters. The van der Waals surface area contributed by atoms with E-state index in [-0.39, 0.29) is 5.91 Å². The molecule has 0 radical (unpaired) electrons. The van der Waals surface area contributed by atoms with Crippen LogP contribution < -0.4 is 5.32 Å². The van der Waals surface area contributed by atoms with Gasteiger partial charge >= 0.3 is 0 Å². The van der Waals surface area contributed by atoms with Crippen molar-refractivity contribution < 1.29 is 9.18 Å². The summed E-state index contributed by atoms with van der Waals surface area (Å²) in [5.41, 5.74) is 1.28. The molecule has 0 bridgehead atoms. The third kappa shape index (κ3) is 2.18. The first-order chi connectivity index (χ1) is 10.6. The number of amides is 1. The van der Waals surface area contributed by atoms with Crippen LogP contribution in [0.3, 0.4) is 0 Å². The highest BCUT2D eigenvalue weighted by Gasteiger charge is 2.50. The Balaban J connectivity index is 2.26. The molecule has 1 aromatic heterocycles. The smallest absolute Gasteiger partial charge is 0.241 e. The highest BCUT2D eigenvalue weighted by Crippen LogP contribution is 2.45. The summed E-state index contributed by atoms with van der Waals surface area (Å²) < 4.78 is 14.4. The zero-order valence-electron chi connectivity index (χ0n) is 12.2. The maximum absolute atomic E-state index is 14.4. The fourth-order valence-electron chi connectivity index (χ4n) is 3.08. The summed E-state index contributed by atoms with van der Waals surface area (Å²) in [6.07, 6.45) is 1.02. The summed E-state index contributed by atoms with van der Waals surface area (Å²) in [7, 11) is 0. The molecule has 0 saturated heterocycles. The highest BCUT2D eigenvalue weighted by atomic mass is 35.5. The number of halogens is 2. The summed E-state index contributed by atoms with van der Waals surface area (Å²) in [6, 6.07) is 10.0. The first-order valence-corrected chi connectivity index (χ1v) is 7.73. The van der Waals surface area contributed by atoms with Crippen molar-refractivity contribution in [3.8, 4) is 0 Å². The van der Waals surface area contributed by atoms with Crippen LogP contribution in [0.25, 0.3) is 0 Å². The van der Waals surface area contributed by atoms with Crippen molar-refractivity contribution in [3.63, 3.8) is 0 Å². The van der Waals surface area contributed by atoms with Gasteiger partial charge in [0.25, 0.3) is 0 Å². The third-order valence-corrected chi connectivity index (χ3v) is 4.36. The molecule has 114 valence electrons. The number of benzene rings is 1. The molecule has 1 aromatic carbocycles. The molecule has 1 amide bonds. The number of alkyl halides is 1. The van der Waals surface area contributed by atoms with Crippen LogP contribution in [0.4, 0.5) is 10.1 Å². The van der Waals surface area contributed by atoms with E-state index >= 15 is 0 Å². The molecule has 2 heterocycles. The van der Waals surface area contributed by atoms with E-state index in [1.54, 1.807) is 18.2 Å². The monoisotopic (exact) mass is 318 g/mol. The normalized spacial score (nSPS) is 19.9. The number of hydrogen-bond acceptors (Lipinski definition) is 2. The Morgan fingerprint density at radius 3 is 2.77 bits per heavy atom. The summed E-state index contributed by atoms with van der Waals surface area (Å²) in [5, 5.41) is 2.84. The van der Waals surface area contributed by atoms with E-state index in [9.17, 15) is 9.18 Å². The predicted molar refractivity (Wildman–Crippen MR) is 84.7 cm³/mol. The minimum Gasteiger partial charge on any atom is -0.323 e. The zero-order chi connectivity index (χ0) is 15.7. The van der Waals surface area contributed by atoms with Gasteiger partial charge in [0.1, 0.15) is 11.2 Å². The Hall–Kier alpha value is -1.94. The maximum Gasteiger partial charge on any atom is 0.241 e. The molecule has 3 nitrogen and oxygen atoms in total. The molecule has 0 spiro atoms. The number of nitrogens with zero attached hydrogens (tertiary/aromatic N) is 1. The van der Waals surface area contributed by atoms with Crippen LogP contribution in [-0.2, 0) is 10.2 Å². The molecule has 5 heteroatoms. The van der Waals surface area contributed by atoms with E-state index in [0.29, 0.717) is 35.7 Å². The van der Waals surface area contributed by atoms with E-state index in [4.69, 9.17) is 11.6 Å². The second-order valence-electron chi connectivity index (χ2n) is 5.48. The van der Waals surface area contributed by atoms with Gasteiger partial charge in [0.2, 0.25) is 5.91 Å². The number of fused-ring (bicyclic) bond motifs is 1. The Kier molecular flexibility index (Phi) is 3.87. The molecule has 1 aliphatic heterocycles. The molecule has 2 aromatic rings. The lowest BCUT2D eigenvalue weighted by atomic mass is 9.74. The van der Waals surface area contributed by atoms with Crippen molar-refractivity contribution in [2.75, 3.05) is 11.2 Å². The number of pyridine rings is 1. The number of rotatable bonds is 4. The summed E-state index contributed by atoms with van der Waals surface area (Å²) in [6.45, 7) is 1.86. The minimum atomic E-state index is -1.11. The summed E-state index contributed by atoms with van der Waals surface area (Å²) >= 11 is 5.83. The lowest BCUT2D eigenvalue weighted by Gasteiger charge is -2.27. The molecule has 22 heavy (non-hydrogen) atoms. The largest absolute Gasteiger partial charge is 0.323 e. The Labute approximate surface area is 133 Å². The SMILES string of the molecule is Cc1ccc2c(n1)C(CCCCl)(c1ccccc1F)C(=O)N2. The van der Waals surface area contributed by atoms with Crippen molar-refractivity contribution in [2.24, 2.45) is 0 Å². The predicted octanol–water partition coefficient (Wildman–Crippen LogP) is 3.79. The molecule has 1 N–H and O–H groups in total. The van der Waals surface area contributed by atoms with Crippen LogP contribution in [-0.4, -0.2) is 16.8 Å². The second kappa shape index (κ2) is 5.69. The van der Waals surface area contributed by atoms with Gasteiger partial charge in [-0.2, -0.15) is 0 Å². The maximum atomic E-state index is 14.4. The van der Waals surface area contributed by atoms with Crippen LogP contribution in [0.15, 0.2) is 36.4 Å². The van der Waals surface area contributed by atoms with Crippen LogP contribution in [0.5, 0.6) is 0 Å². The van der Waals surface area contributed by atoms with Crippen molar-refractivity contribution >= 4 is 23.2 Å². The third-order valence-electron chi connectivity index (χ3n) is 4.09. The number of aromatic nitrogens is 1. The average Bonchev–Trinajstić information content (AvgIpc) is 2.78. The van der Waals surface area contributed by atoms with Crippen molar-refractivity contribution in [2.45, 2.75) is 25.2 Å². The molecular weight excluding hydrogens is 303 g/mol. The molecule has 0 saturated carbocycles. The Bertz CT molecular complexity index is 734. The van der Waals surface area contributed by atoms with E-state index in [2.05, 4.69) is 10.3 Å². The average molecular weight is 319 g/mol. The van der Waals surface area contributed by atoms with E-state index < -0.39 is 11.2 Å². The number of anilines is 1. The zero-order valence-corrected chi connectivity index (χ0v) is 13.0. The number of aryl methyl sites for hydroxylation is 1. The number of carbonyl (C=O) groups excluding carboxylic acids is 1. The van der Waals surface area contributed by atoms with Gasteiger partial charge in [0, 0.05) is 17.1 Å². The first-order valence-electron chi connectivity index (χ1n) is 7.20. The summed E-state index contributed by atoms with van der Waals surface area (Å²) in [4.78, 5) is 17.3. The van der Waals surface area contributed by atoms with Gasteiger partial charge < -0.3 is 5.32 Å². The molecule has 3 rings (SSSR count). The van der Waals surface area contributed by atoms with Crippen LogP contribution in [0.1, 0.15) is 29.8 Å². The number of carbonyl (C=O) groups is 1. The van der Waals surface area contributed by atoms with Gasteiger partial charge in [-0.1, -0.05) is 18.2 Å². The fraction of sp³-hybridized carbons (Fsp3) is 0.294. The number of nitrogens with one attached hydrogen (secondary N) is 1. The van der Waals surface area contributed by atoms with Gasteiger partial charge in [-0.25, -0.2) is 4.39 Å². The van der Waals surface area contributed by atoms with Crippen LogP contribution >= 0.6 is 11.6 Å². The van der Waals surface area contributed by atoms with Gasteiger partial charge in [-0.05, 0) is 38.0 Å². The quantitative estimate of drug-likeness (QED) is 0.872. The van der Waals surface area contributed by atoms with Gasteiger partial charge in [-0.3, -0.25) is 9.78 Å². The molecule has 1 aliphatic rings. The Morgan fingerprint density at radius 2 is 2.05 bits per heavy atom. The lowest BCUT2D eigenvalue weighted by molar-refractivity contribution is -0.119. The van der Waals surface area contributed by atoms with E-state index in [0.717, 1.165) is 5.69 Å². The molecule has 0 aliphatic carbocycles. The lowest BCUT2D eigenvalue weighted by Crippen LogP contribution is -2.37. The highest BCUT2D eigenvalue weighted by molar-refractivity contribution is 6.17. The van der Waals surface area contributed by atoms with Gasteiger partial charge in [0.15, 0.2) is 0 Å². The molecular formula is C17H16ClFN2O. The van der Waals surface area contributed by atoms with Gasteiger partial charge in [0.05, 0.1) is 11.4 Å². The van der Waals surface area contributed by atoms with Crippen LogP contribution in [0.2, 0.25) is 0 Å². The summed E-state index contributed by atoms with van der Waals surface area (Å²) in [5.74, 6) is -0.232. The Morgan fingerprint density at radius 1 is 1.27 bits per heavy atom. The standard InChI is InChI=1S/C17H16ClFN2O/c1-11-7-8-14-15(20-11)17(9-4-10-18,16(22)21-14)12-5-2-3-6-13(12)19/h2-3,5-8H,4,9-10H2,1H3,(H,21,22). The van der Waals surface area contributed by atoms with E-state index in [1.807, 2.05) is 19.1 Å². The van der Waals surface area contributed by atoms with Crippen molar-refractivity contribution in [1.82, 2.24) is 4.98 Å². The number of hydrogen-bond donors (Lipinski definition) is 1. The molecule has 0 fully saturated rings. The van der Waals surface area contributed by atoms with Crippen molar-refractivity contribution in [3.05, 3.63) is 59.2 Å². The van der Waals surface area contributed by atoms with Crippen LogP contribution in [0, 0.1) is 12.7 Å². The molecule has 1 unspecified atom stereocenters. The van der Waals surface area contributed by atoms with Crippen molar-refractivity contribution in [1.29, 1.82) is 0 Å². The topological polar surface area (TPSA) is 42.0 Å². The minimum absolute atomic E-state index is 0.240. The second-order valence-corrected chi connectivity index (χ2v) is 5.86. The van der Waals surface area contributed by atoms with E-state index in [1.165, 1.54) is 6.07 Å². The fourth-order valence-corrected chi connectivity index (χ4v) is 3.21.